The van der Waals surface area contributed by atoms with Crippen molar-refractivity contribution < 1.29 is 9.53 Å². The summed E-state index contributed by atoms with van der Waals surface area (Å²) in [6, 6.07) is 5.14. The second kappa shape index (κ2) is 4.11. The highest BCUT2D eigenvalue weighted by Gasteiger charge is 2.34. The van der Waals surface area contributed by atoms with Crippen molar-refractivity contribution in [2.45, 2.75) is 18.9 Å². The smallest absolute Gasteiger partial charge is 0.163 e. The average molecular weight is 257 g/mol. The lowest BCUT2D eigenvalue weighted by atomic mass is 9.89. The topological polar surface area (TPSA) is 26.3 Å². The van der Waals surface area contributed by atoms with Gasteiger partial charge in [-0.1, -0.05) is 23.2 Å². The first-order chi connectivity index (χ1) is 7.51. The van der Waals surface area contributed by atoms with E-state index >= 15 is 0 Å². The Bertz CT molecular complexity index is 468. The fraction of sp³-hybridized carbons (Fsp3) is 0.250. The predicted molar refractivity (Wildman–Crippen MR) is 63.7 cm³/mol. The Morgan fingerprint density at radius 2 is 2.12 bits per heavy atom. The van der Waals surface area contributed by atoms with E-state index in [1.54, 1.807) is 18.2 Å². The molecule has 0 aromatic heterocycles. The van der Waals surface area contributed by atoms with Crippen LogP contribution in [0.5, 0.6) is 0 Å². The molecule has 0 N–H and O–H groups in total. The van der Waals surface area contributed by atoms with Crippen LogP contribution in [-0.4, -0.2) is 5.78 Å². The van der Waals surface area contributed by atoms with E-state index in [2.05, 4.69) is 0 Å². The first-order valence-electron chi connectivity index (χ1n) is 4.84. The molecule has 1 aromatic carbocycles. The summed E-state index contributed by atoms with van der Waals surface area (Å²) in [7, 11) is 0. The summed E-state index contributed by atoms with van der Waals surface area (Å²) >= 11 is 12.0. The third-order valence-corrected chi connectivity index (χ3v) is 3.16. The molecule has 0 spiro atoms. The Balaban J connectivity index is 2.46. The van der Waals surface area contributed by atoms with Crippen LogP contribution in [0.3, 0.4) is 0 Å². The third kappa shape index (κ3) is 2.08. The van der Waals surface area contributed by atoms with Crippen LogP contribution in [0.4, 0.5) is 0 Å². The number of ketones is 1. The maximum absolute atomic E-state index is 11.4. The maximum atomic E-state index is 11.4. The minimum Gasteiger partial charge on any atom is -0.490 e. The molecule has 16 heavy (non-hydrogen) atoms. The number of hydrogen-bond donors (Lipinski definition) is 0. The van der Waals surface area contributed by atoms with Crippen molar-refractivity contribution in [3.63, 3.8) is 0 Å². The van der Waals surface area contributed by atoms with Crippen molar-refractivity contribution in [3.8, 4) is 0 Å². The van der Waals surface area contributed by atoms with Crippen LogP contribution in [0.25, 0.3) is 0 Å². The van der Waals surface area contributed by atoms with Gasteiger partial charge < -0.3 is 4.74 Å². The van der Waals surface area contributed by atoms with Gasteiger partial charge in [0.1, 0.15) is 5.60 Å². The van der Waals surface area contributed by atoms with E-state index in [0.29, 0.717) is 10.0 Å². The van der Waals surface area contributed by atoms with E-state index in [-0.39, 0.29) is 12.2 Å². The van der Waals surface area contributed by atoms with Crippen LogP contribution >= 0.6 is 23.2 Å². The summed E-state index contributed by atoms with van der Waals surface area (Å²) in [5, 5.41) is 1.13. The molecule has 1 aromatic rings. The van der Waals surface area contributed by atoms with Crippen molar-refractivity contribution in [2.75, 3.05) is 0 Å². The molecule has 84 valence electrons. The van der Waals surface area contributed by atoms with E-state index in [1.807, 2.05) is 6.92 Å². The van der Waals surface area contributed by atoms with Crippen LogP contribution in [0.15, 0.2) is 30.5 Å². The van der Waals surface area contributed by atoms with Gasteiger partial charge in [0.25, 0.3) is 0 Å². The second-order valence-electron chi connectivity index (χ2n) is 3.92. The molecular formula is C12H10Cl2O2. The highest BCUT2D eigenvalue weighted by atomic mass is 35.5. The lowest BCUT2D eigenvalue weighted by Gasteiger charge is -2.31. The van der Waals surface area contributed by atoms with Crippen molar-refractivity contribution in [1.29, 1.82) is 0 Å². The molecule has 1 aliphatic heterocycles. The normalized spacial score (nSPS) is 24.3. The number of hydrogen-bond acceptors (Lipinski definition) is 2. The number of ether oxygens (including phenoxy) is 1. The number of rotatable bonds is 1. The standard InChI is InChI=1S/C12H10Cl2O2/c1-12(7-9(15)4-5-16-12)10-6-8(13)2-3-11(10)14/h2-6H,7H2,1H3. The van der Waals surface area contributed by atoms with Gasteiger partial charge in [0.15, 0.2) is 5.78 Å². The molecule has 1 atom stereocenters. The first kappa shape index (κ1) is 11.5. The largest absolute Gasteiger partial charge is 0.490 e. The highest BCUT2D eigenvalue weighted by Crippen LogP contribution is 2.37. The molecule has 2 rings (SSSR count). The minimum absolute atomic E-state index is 0.0183. The van der Waals surface area contributed by atoms with Crippen LogP contribution < -0.4 is 0 Å². The molecule has 0 bridgehead atoms. The molecule has 0 aliphatic carbocycles. The fourth-order valence-corrected chi connectivity index (χ4v) is 2.24. The molecule has 1 heterocycles. The summed E-state index contributed by atoms with van der Waals surface area (Å²) in [5.74, 6) is 0.0183. The molecule has 0 saturated carbocycles. The minimum atomic E-state index is -0.728. The summed E-state index contributed by atoms with van der Waals surface area (Å²) in [6.45, 7) is 1.83. The van der Waals surface area contributed by atoms with E-state index in [1.165, 1.54) is 12.3 Å². The maximum Gasteiger partial charge on any atom is 0.163 e. The van der Waals surface area contributed by atoms with Gasteiger partial charge in [-0.3, -0.25) is 4.79 Å². The van der Waals surface area contributed by atoms with Crippen LogP contribution in [0, 0.1) is 0 Å². The molecule has 4 heteroatoms. The molecule has 0 saturated heterocycles. The quantitative estimate of drug-likeness (QED) is 0.766. The van der Waals surface area contributed by atoms with Crippen molar-refractivity contribution >= 4 is 29.0 Å². The van der Waals surface area contributed by atoms with Crippen molar-refractivity contribution in [1.82, 2.24) is 0 Å². The fourth-order valence-electron chi connectivity index (χ4n) is 1.75. The Kier molecular flexibility index (Phi) is 2.96. The molecule has 2 nitrogen and oxygen atoms in total. The zero-order valence-corrected chi connectivity index (χ0v) is 10.2. The van der Waals surface area contributed by atoms with Gasteiger partial charge in [-0.25, -0.2) is 0 Å². The van der Waals surface area contributed by atoms with E-state index in [9.17, 15) is 4.79 Å². The van der Waals surface area contributed by atoms with Crippen molar-refractivity contribution in [2.24, 2.45) is 0 Å². The number of allylic oxidation sites excluding steroid dienone is 1. The zero-order valence-electron chi connectivity index (χ0n) is 8.67. The van der Waals surface area contributed by atoms with Gasteiger partial charge in [0.05, 0.1) is 12.7 Å². The van der Waals surface area contributed by atoms with E-state index in [4.69, 9.17) is 27.9 Å². The Morgan fingerprint density at radius 3 is 2.81 bits per heavy atom. The van der Waals surface area contributed by atoms with Gasteiger partial charge >= 0.3 is 0 Å². The van der Waals surface area contributed by atoms with Crippen molar-refractivity contribution in [3.05, 3.63) is 46.1 Å². The predicted octanol–water partition coefficient (Wildman–Crippen LogP) is 3.71. The zero-order chi connectivity index (χ0) is 11.8. The summed E-state index contributed by atoms with van der Waals surface area (Å²) in [5.41, 5.74) is 0.00717. The molecule has 1 aliphatic rings. The first-order valence-corrected chi connectivity index (χ1v) is 5.59. The summed E-state index contributed by atoms with van der Waals surface area (Å²) in [6.07, 6.45) is 3.09. The summed E-state index contributed by atoms with van der Waals surface area (Å²) in [4.78, 5) is 11.4. The number of carbonyl (C=O) groups excluding carboxylic acids is 1. The van der Waals surface area contributed by atoms with Crippen LogP contribution in [0.2, 0.25) is 10.0 Å². The number of carbonyl (C=O) groups is 1. The van der Waals surface area contributed by atoms with Crippen LogP contribution in [0.1, 0.15) is 18.9 Å². The van der Waals surface area contributed by atoms with Gasteiger partial charge in [-0.05, 0) is 25.1 Å². The summed E-state index contributed by atoms with van der Waals surface area (Å²) < 4.78 is 5.51. The monoisotopic (exact) mass is 256 g/mol. The molecule has 0 fully saturated rings. The SMILES string of the molecule is CC1(c2cc(Cl)ccc2Cl)CC(=O)C=CO1. The number of halogens is 2. The van der Waals surface area contributed by atoms with E-state index in [0.717, 1.165) is 5.56 Å². The highest BCUT2D eigenvalue weighted by molar-refractivity contribution is 6.33. The molecule has 1 unspecified atom stereocenters. The Morgan fingerprint density at radius 1 is 1.38 bits per heavy atom. The number of benzene rings is 1. The van der Waals surface area contributed by atoms with Crippen LogP contribution in [-0.2, 0) is 15.1 Å². The lowest BCUT2D eigenvalue weighted by Crippen LogP contribution is -2.30. The van der Waals surface area contributed by atoms with Gasteiger partial charge in [0.2, 0.25) is 0 Å². The Labute approximate surface area is 104 Å². The third-order valence-electron chi connectivity index (χ3n) is 2.59. The Hall–Kier alpha value is -0.990. The molecule has 0 radical (unpaired) electrons. The lowest BCUT2D eigenvalue weighted by molar-refractivity contribution is -0.122. The second-order valence-corrected chi connectivity index (χ2v) is 4.76. The molecule has 0 amide bonds. The van der Waals surface area contributed by atoms with E-state index < -0.39 is 5.60 Å². The average Bonchev–Trinajstić information content (AvgIpc) is 2.21. The van der Waals surface area contributed by atoms with Gasteiger partial charge in [0, 0.05) is 21.7 Å². The molecular weight excluding hydrogens is 247 g/mol. The van der Waals surface area contributed by atoms with Gasteiger partial charge in [-0.15, -0.1) is 0 Å². The van der Waals surface area contributed by atoms with Gasteiger partial charge in [-0.2, -0.15) is 0 Å².